The predicted molar refractivity (Wildman–Crippen MR) is 210 cm³/mol. The molecule has 9 nitrogen and oxygen atoms in total. The van der Waals surface area contributed by atoms with Gasteiger partial charge in [0.2, 0.25) is 27.2 Å². The minimum Gasteiger partial charge on any atom is -0.497 e. The van der Waals surface area contributed by atoms with Crippen LogP contribution >= 0.6 is 0 Å². The molecule has 0 aromatic heterocycles. The average molecular weight is 843 g/mol. The van der Waals surface area contributed by atoms with Crippen LogP contribution in [0.25, 0.3) is 22.3 Å². The molecule has 0 fully saturated rings. The summed E-state index contributed by atoms with van der Waals surface area (Å²) in [6.45, 7) is 0.910. The van der Waals surface area contributed by atoms with Gasteiger partial charge in [0, 0.05) is 5.56 Å². The van der Waals surface area contributed by atoms with Gasteiger partial charge in [0.15, 0.2) is 11.6 Å². The van der Waals surface area contributed by atoms with E-state index in [9.17, 15) is 39.0 Å². The SMILES string of the molecule is COc1ccc(-c2ccc(Oc3ccc(S(=O)(=O)c4ccc(Oc5ccc(-c6ccc(Oc7c(F)c(F)c(C)c(F)c7F)cc6)cc5)cc4)cc3S(=O)(=O)O)cc2)cc1. The van der Waals surface area contributed by atoms with Gasteiger partial charge in [-0.05, 0) is 120 Å². The van der Waals surface area contributed by atoms with Crippen molar-refractivity contribution in [3.63, 3.8) is 0 Å². The number of benzene rings is 7. The van der Waals surface area contributed by atoms with Crippen molar-refractivity contribution >= 4 is 20.0 Å². The third-order valence-electron chi connectivity index (χ3n) is 9.08. The molecular weight excluding hydrogens is 813 g/mol. The first-order valence-electron chi connectivity index (χ1n) is 17.4. The van der Waals surface area contributed by atoms with Crippen LogP contribution in [0.1, 0.15) is 5.56 Å². The van der Waals surface area contributed by atoms with Crippen LogP contribution in [-0.2, 0) is 20.0 Å². The van der Waals surface area contributed by atoms with Gasteiger partial charge in [-0.1, -0.05) is 48.5 Å². The van der Waals surface area contributed by atoms with Gasteiger partial charge in [-0.3, -0.25) is 4.55 Å². The fourth-order valence-corrected chi connectivity index (χ4v) is 7.89. The standard InChI is InChI=1S/C44H30F4O9S2/c1-26-40(45)42(47)44(43(48)41(26)46)57-35-17-9-30(10-18-35)28-5-13-32(14-6-28)55-33-19-21-36(22-20-33)58(49,50)37-23-24-38(39(25-37)59(51,52)53)56-34-15-7-29(8-16-34)27-3-11-31(54-2)12-4-27/h3-25H,1-2H3,(H,51,52,53). The first kappa shape index (κ1) is 40.5. The zero-order chi connectivity index (χ0) is 42.1. The molecule has 0 saturated carbocycles. The molecule has 0 aliphatic heterocycles. The van der Waals surface area contributed by atoms with E-state index in [2.05, 4.69) is 0 Å². The van der Waals surface area contributed by atoms with Crippen LogP contribution in [0, 0.1) is 30.2 Å². The molecule has 0 spiro atoms. The van der Waals surface area contributed by atoms with Crippen molar-refractivity contribution in [2.24, 2.45) is 0 Å². The highest BCUT2D eigenvalue weighted by Gasteiger charge is 2.26. The Morgan fingerprint density at radius 3 is 1.25 bits per heavy atom. The van der Waals surface area contributed by atoms with E-state index < -0.39 is 64.3 Å². The maximum atomic E-state index is 14.3. The Morgan fingerprint density at radius 1 is 0.458 bits per heavy atom. The highest BCUT2D eigenvalue weighted by Crippen LogP contribution is 2.37. The summed E-state index contributed by atoms with van der Waals surface area (Å²) in [4.78, 5) is -1.33. The summed E-state index contributed by atoms with van der Waals surface area (Å²) in [5.41, 5.74) is 2.32. The molecule has 0 unspecified atom stereocenters. The summed E-state index contributed by atoms with van der Waals surface area (Å²) in [6, 6.07) is 35.2. The molecule has 0 bridgehead atoms. The Bertz CT molecular complexity index is 2860. The summed E-state index contributed by atoms with van der Waals surface area (Å²) in [7, 11) is -7.65. The zero-order valence-corrected chi connectivity index (χ0v) is 32.5. The molecule has 0 heterocycles. The molecule has 59 heavy (non-hydrogen) atoms. The third kappa shape index (κ3) is 8.62. The molecule has 0 aliphatic rings. The number of sulfone groups is 1. The van der Waals surface area contributed by atoms with Gasteiger partial charge < -0.3 is 18.9 Å². The minimum atomic E-state index is -4.93. The van der Waals surface area contributed by atoms with Crippen LogP contribution in [0.3, 0.4) is 0 Å². The summed E-state index contributed by atoms with van der Waals surface area (Å²) in [5.74, 6) is -6.32. The molecular formula is C44H30F4O9S2. The van der Waals surface area contributed by atoms with Gasteiger partial charge in [-0.2, -0.15) is 17.2 Å². The molecule has 0 amide bonds. The molecule has 0 aliphatic carbocycles. The number of hydrogen-bond donors (Lipinski definition) is 1. The van der Waals surface area contributed by atoms with E-state index in [1.54, 1.807) is 67.8 Å². The maximum absolute atomic E-state index is 14.3. The van der Waals surface area contributed by atoms with Gasteiger partial charge in [0.1, 0.15) is 39.4 Å². The van der Waals surface area contributed by atoms with E-state index in [4.69, 9.17) is 18.9 Å². The van der Waals surface area contributed by atoms with E-state index in [0.29, 0.717) is 22.6 Å². The molecule has 0 atom stereocenters. The fourth-order valence-electron chi connectivity index (χ4n) is 5.89. The number of ether oxygens (including phenoxy) is 4. The van der Waals surface area contributed by atoms with Crippen molar-refractivity contribution in [3.8, 4) is 62.5 Å². The zero-order valence-electron chi connectivity index (χ0n) is 30.8. The summed E-state index contributed by atoms with van der Waals surface area (Å²) >= 11 is 0. The lowest BCUT2D eigenvalue weighted by molar-refractivity contribution is 0.362. The van der Waals surface area contributed by atoms with Crippen molar-refractivity contribution < 1.29 is 57.9 Å². The Morgan fingerprint density at radius 2 is 0.831 bits per heavy atom. The largest absolute Gasteiger partial charge is 0.497 e. The topological polar surface area (TPSA) is 125 Å². The molecule has 7 rings (SSSR count). The summed E-state index contributed by atoms with van der Waals surface area (Å²) < 4.78 is 140. The van der Waals surface area contributed by atoms with Crippen LogP contribution in [0.4, 0.5) is 17.6 Å². The van der Waals surface area contributed by atoms with Gasteiger partial charge >= 0.3 is 0 Å². The third-order valence-corrected chi connectivity index (χ3v) is 11.7. The normalized spacial score (nSPS) is 11.6. The Balaban J connectivity index is 1.02. The second-order valence-corrected chi connectivity index (χ2v) is 16.2. The van der Waals surface area contributed by atoms with Gasteiger partial charge in [0.05, 0.1) is 16.9 Å². The van der Waals surface area contributed by atoms with Crippen molar-refractivity contribution in [3.05, 3.63) is 168 Å². The molecule has 7 aromatic rings. The molecule has 0 saturated heterocycles. The van der Waals surface area contributed by atoms with Crippen molar-refractivity contribution in [1.29, 1.82) is 0 Å². The first-order valence-corrected chi connectivity index (χ1v) is 20.3. The quantitative estimate of drug-likeness (QED) is 0.0727. The second kappa shape index (κ2) is 16.3. The van der Waals surface area contributed by atoms with E-state index >= 15 is 0 Å². The lowest BCUT2D eigenvalue weighted by atomic mass is 10.1. The lowest BCUT2D eigenvalue weighted by Crippen LogP contribution is -2.06. The fraction of sp³-hybridized carbons (Fsp3) is 0.0455. The van der Waals surface area contributed by atoms with Gasteiger partial charge in [-0.25, -0.2) is 17.2 Å². The van der Waals surface area contributed by atoms with Crippen molar-refractivity contribution in [2.75, 3.05) is 7.11 Å². The number of halogens is 4. The Hall–Kier alpha value is -6.68. The molecule has 15 heteroatoms. The first-order chi connectivity index (χ1) is 28.1. The van der Waals surface area contributed by atoms with Crippen LogP contribution in [0.15, 0.2) is 154 Å². The Kier molecular flexibility index (Phi) is 11.2. The summed E-state index contributed by atoms with van der Waals surface area (Å²) in [6.07, 6.45) is 0. The second-order valence-electron chi connectivity index (χ2n) is 12.9. The smallest absolute Gasteiger partial charge is 0.298 e. The van der Waals surface area contributed by atoms with Gasteiger partial charge in [0.25, 0.3) is 10.1 Å². The average Bonchev–Trinajstić information content (AvgIpc) is 3.24. The molecule has 0 radical (unpaired) electrons. The van der Waals surface area contributed by atoms with Crippen LogP contribution in [0.5, 0.6) is 40.2 Å². The number of methoxy groups -OCH3 is 1. The van der Waals surface area contributed by atoms with Crippen molar-refractivity contribution in [1.82, 2.24) is 0 Å². The predicted octanol–water partition coefficient (Wildman–Crippen LogP) is 11.4. The summed E-state index contributed by atoms with van der Waals surface area (Å²) in [5, 5.41) is 0. The van der Waals surface area contributed by atoms with Crippen LogP contribution < -0.4 is 18.9 Å². The van der Waals surface area contributed by atoms with E-state index in [1.165, 1.54) is 42.5 Å². The highest BCUT2D eigenvalue weighted by atomic mass is 32.2. The highest BCUT2D eigenvalue weighted by molar-refractivity contribution is 7.91. The van der Waals surface area contributed by atoms with E-state index in [0.717, 1.165) is 30.2 Å². The van der Waals surface area contributed by atoms with Crippen LogP contribution in [-0.4, -0.2) is 28.5 Å². The lowest BCUT2D eigenvalue weighted by Gasteiger charge is -2.13. The maximum Gasteiger partial charge on any atom is 0.298 e. The molecule has 7 aromatic carbocycles. The van der Waals surface area contributed by atoms with Crippen LogP contribution in [0.2, 0.25) is 0 Å². The van der Waals surface area contributed by atoms with Gasteiger partial charge in [-0.15, -0.1) is 0 Å². The molecule has 300 valence electrons. The van der Waals surface area contributed by atoms with E-state index in [1.807, 2.05) is 24.3 Å². The van der Waals surface area contributed by atoms with E-state index in [-0.39, 0.29) is 27.9 Å². The monoisotopic (exact) mass is 842 g/mol. The number of rotatable bonds is 12. The Labute approximate surface area is 336 Å². The van der Waals surface area contributed by atoms with Crippen molar-refractivity contribution in [2.45, 2.75) is 21.6 Å². The minimum absolute atomic E-state index is 0.0620. The number of hydrogen-bond acceptors (Lipinski definition) is 8. The molecule has 1 N–H and O–H groups in total.